The quantitative estimate of drug-likeness (QED) is 0.177. The van der Waals surface area contributed by atoms with Gasteiger partial charge in [0.25, 0.3) is 0 Å². The van der Waals surface area contributed by atoms with Crippen LogP contribution in [0, 0.1) is 0 Å². The predicted molar refractivity (Wildman–Crippen MR) is 212 cm³/mol. The summed E-state index contributed by atoms with van der Waals surface area (Å²) in [5, 5.41) is 0. The maximum atomic E-state index is 5.29. The summed E-state index contributed by atoms with van der Waals surface area (Å²) in [7, 11) is 0. The first-order valence-corrected chi connectivity index (χ1v) is 17.8. The second-order valence-electron chi connectivity index (χ2n) is 13.4. The Morgan fingerprint density at radius 1 is 0.385 bits per heavy atom. The highest BCUT2D eigenvalue weighted by atomic mass is 15.1. The molecule has 1 aliphatic rings. The highest BCUT2D eigenvalue weighted by Gasteiger charge is 2.45. The molecule has 2 heterocycles. The van der Waals surface area contributed by atoms with Gasteiger partial charge < -0.3 is 0 Å². The number of fused-ring (bicyclic) bond motifs is 4. The van der Waals surface area contributed by atoms with E-state index in [4.69, 9.17) is 9.97 Å². The zero-order chi connectivity index (χ0) is 34.5. The van der Waals surface area contributed by atoms with Crippen LogP contribution >= 0.6 is 0 Å². The number of para-hydroxylation sites is 3. The second kappa shape index (κ2) is 12.2. The van der Waals surface area contributed by atoms with Gasteiger partial charge in [-0.2, -0.15) is 0 Å². The van der Waals surface area contributed by atoms with Gasteiger partial charge in [0.2, 0.25) is 0 Å². The molecule has 244 valence electrons. The molecule has 0 radical (unpaired) electrons. The van der Waals surface area contributed by atoms with Crippen LogP contribution in [0.5, 0.6) is 0 Å². The molecule has 7 aromatic carbocycles. The van der Waals surface area contributed by atoms with Crippen molar-refractivity contribution in [3.63, 3.8) is 0 Å². The lowest BCUT2D eigenvalue weighted by molar-refractivity contribution is 0.768. The summed E-state index contributed by atoms with van der Waals surface area (Å²) in [6.07, 6.45) is 0. The zero-order valence-electron chi connectivity index (χ0n) is 28.4. The molecule has 3 nitrogen and oxygen atoms in total. The monoisotopic (exact) mass is 663 g/mol. The van der Waals surface area contributed by atoms with Crippen LogP contribution in [0.3, 0.4) is 0 Å². The number of hydrogen-bond donors (Lipinski definition) is 0. The number of rotatable bonds is 6. The van der Waals surface area contributed by atoms with Crippen LogP contribution in [0.4, 0.5) is 0 Å². The van der Waals surface area contributed by atoms with Crippen LogP contribution in [-0.4, -0.2) is 14.5 Å². The summed E-state index contributed by atoms with van der Waals surface area (Å²) >= 11 is 0. The second-order valence-corrected chi connectivity index (χ2v) is 13.4. The molecular formula is C49H33N3. The van der Waals surface area contributed by atoms with Crippen molar-refractivity contribution in [3.05, 3.63) is 222 Å². The molecule has 0 bridgehead atoms. The normalized spacial score (nSPS) is 12.8. The summed E-state index contributed by atoms with van der Waals surface area (Å²) in [5.74, 6) is 0.882. The summed E-state index contributed by atoms with van der Waals surface area (Å²) in [5.41, 5.74) is 15.2. The topological polar surface area (TPSA) is 30.7 Å². The molecule has 2 aromatic heterocycles. The lowest BCUT2D eigenvalue weighted by Crippen LogP contribution is -2.28. The number of imidazole rings is 1. The number of hydrogen-bond acceptors (Lipinski definition) is 2. The molecule has 10 rings (SSSR count). The molecule has 0 N–H and O–H groups in total. The van der Waals surface area contributed by atoms with Gasteiger partial charge in [0.05, 0.1) is 27.8 Å². The highest BCUT2D eigenvalue weighted by Crippen LogP contribution is 2.56. The number of aromatic nitrogens is 3. The third kappa shape index (κ3) is 4.67. The Balaban J connectivity index is 1.17. The van der Waals surface area contributed by atoms with Gasteiger partial charge in [-0.25, -0.2) is 9.97 Å². The number of pyridine rings is 1. The minimum atomic E-state index is -0.446. The fraction of sp³-hybridized carbons (Fsp3) is 0.0204. The molecule has 0 amide bonds. The van der Waals surface area contributed by atoms with E-state index in [9.17, 15) is 0 Å². The van der Waals surface area contributed by atoms with Crippen molar-refractivity contribution in [2.24, 2.45) is 0 Å². The molecule has 0 saturated carbocycles. The fourth-order valence-electron chi connectivity index (χ4n) is 8.23. The predicted octanol–water partition coefficient (Wildman–Crippen LogP) is 11.8. The molecular weight excluding hydrogens is 631 g/mol. The standard InChI is InChI=1S/C49H33N3/c1-4-16-34(17-5-1)45-32-36(48-51-44-26-14-15-27-47(44)52(48)39-20-8-3-9-21-39)33-46(50-45)35-28-30-38(31-29-35)49(37-18-6-2-7-19-37)42-24-12-10-22-40(42)41-23-11-13-25-43(41)49/h1-33H. The van der Waals surface area contributed by atoms with Crippen molar-refractivity contribution >= 4 is 11.0 Å². The van der Waals surface area contributed by atoms with Gasteiger partial charge in [0, 0.05) is 22.4 Å². The average molecular weight is 664 g/mol. The summed E-state index contributed by atoms with van der Waals surface area (Å²) < 4.78 is 2.25. The van der Waals surface area contributed by atoms with Gasteiger partial charge in [-0.15, -0.1) is 0 Å². The molecule has 0 aliphatic heterocycles. The van der Waals surface area contributed by atoms with Gasteiger partial charge in [-0.3, -0.25) is 4.57 Å². The third-order valence-corrected chi connectivity index (χ3v) is 10.5. The van der Waals surface area contributed by atoms with Crippen molar-refractivity contribution in [1.82, 2.24) is 14.5 Å². The Hall–Kier alpha value is -6.84. The van der Waals surface area contributed by atoms with Crippen molar-refractivity contribution in [3.8, 4) is 50.7 Å². The average Bonchev–Trinajstić information content (AvgIpc) is 3.77. The first-order valence-electron chi connectivity index (χ1n) is 17.8. The number of benzene rings is 7. The van der Waals surface area contributed by atoms with E-state index in [1.807, 2.05) is 12.1 Å². The van der Waals surface area contributed by atoms with Crippen LogP contribution in [0.1, 0.15) is 22.3 Å². The molecule has 0 saturated heterocycles. The molecule has 1 aliphatic carbocycles. The molecule has 52 heavy (non-hydrogen) atoms. The first-order chi connectivity index (χ1) is 25.8. The van der Waals surface area contributed by atoms with Crippen molar-refractivity contribution in [2.75, 3.05) is 0 Å². The van der Waals surface area contributed by atoms with Crippen LogP contribution in [0.25, 0.3) is 61.8 Å². The van der Waals surface area contributed by atoms with E-state index in [2.05, 4.69) is 193 Å². The van der Waals surface area contributed by atoms with Gasteiger partial charge in [0.1, 0.15) is 5.82 Å². The fourth-order valence-corrected chi connectivity index (χ4v) is 8.23. The molecule has 3 heteroatoms. The SMILES string of the molecule is c1ccc(-c2cc(-c3nc4ccccc4n3-c3ccccc3)cc(-c3ccc(C4(c5ccccc5)c5ccccc5-c5ccccc54)cc3)n2)cc1. The summed E-state index contributed by atoms with van der Waals surface area (Å²) in [4.78, 5) is 10.5. The van der Waals surface area contributed by atoms with Gasteiger partial charge in [-0.05, 0) is 69.8 Å². The van der Waals surface area contributed by atoms with E-state index < -0.39 is 5.41 Å². The van der Waals surface area contributed by atoms with Gasteiger partial charge in [0.15, 0.2) is 0 Å². The number of nitrogens with zero attached hydrogens (tertiary/aromatic N) is 3. The van der Waals surface area contributed by atoms with Gasteiger partial charge in [-0.1, -0.05) is 164 Å². The van der Waals surface area contributed by atoms with Crippen LogP contribution in [-0.2, 0) is 5.41 Å². The minimum Gasteiger partial charge on any atom is -0.292 e. The lowest BCUT2D eigenvalue weighted by Gasteiger charge is -2.34. The molecule has 0 fully saturated rings. The van der Waals surface area contributed by atoms with Crippen LogP contribution in [0.2, 0.25) is 0 Å². The smallest absolute Gasteiger partial charge is 0.145 e. The van der Waals surface area contributed by atoms with Crippen molar-refractivity contribution in [2.45, 2.75) is 5.41 Å². The Morgan fingerprint density at radius 2 is 0.885 bits per heavy atom. The van der Waals surface area contributed by atoms with E-state index in [1.165, 1.54) is 33.4 Å². The van der Waals surface area contributed by atoms with E-state index >= 15 is 0 Å². The molecule has 9 aromatic rings. The Labute approximate surface area is 303 Å². The summed E-state index contributed by atoms with van der Waals surface area (Å²) in [6.45, 7) is 0. The Kier molecular flexibility index (Phi) is 7.04. The van der Waals surface area contributed by atoms with Crippen molar-refractivity contribution < 1.29 is 0 Å². The lowest BCUT2D eigenvalue weighted by atomic mass is 9.67. The van der Waals surface area contributed by atoms with Crippen LogP contribution in [0.15, 0.2) is 200 Å². The summed E-state index contributed by atoms with van der Waals surface area (Å²) in [6, 6.07) is 71.4. The van der Waals surface area contributed by atoms with Crippen LogP contribution < -0.4 is 0 Å². The maximum absolute atomic E-state index is 5.29. The van der Waals surface area contributed by atoms with E-state index in [0.717, 1.165) is 50.6 Å². The Morgan fingerprint density at radius 3 is 1.54 bits per heavy atom. The van der Waals surface area contributed by atoms with E-state index in [1.54, 1.807) is 0 Å². The van der Waals surface area contributed by atoms with E-state index in [-0.39, 0.29) is 0 Å². The molecule has 0 atom stereocenters. The van der Waals surface area contributed by atoms with Gasteiger partial charge >= 0.3 is 0 Å². The third-order valence-electron chi connectivity index (χ3n) is 10.5. The van der Waals surface area contributed by atoms with E-state index in [0.29, 0.717) is 0 Å². The molecule has 0 unspecified atom stereocenters. The molecule has 0 spiro atoms. The first kappa shape index (κ1) is 30.0. The largest absolute Gasteiger partial charge is 0.292 e. The minimum absolute atomic E-state index is 0.446. The maximum Gasteiger partial charge on any atom is 0.145 e. The van der Waals surface area contributed by atoms with Crippen molar-refractivity contribution in [1.29, 1.82) is 0 Å². The zero-order valence-corrected chi connectivity index (χ0v) is 28.4. The Bertz CT molecular complexity index is 2670. The highest BCUT2D eigenvalue weighted by molar-refractivity contribution is 5.87.